The lowest BCUT2D eigenvalue weighted by Gasteiger charge is -2.14. The first-order chi connectivity index (χ1) is 5.55. The van der Waals surface area contributed by atoms with E-state index in [0.717, 1.165) is 6.07 Å². The van der Waals surface area contributed by atoms with Gasteiger partial charge in [0, 0.05) is 5.56 Å². The third kappa shape index (κ3) is 1.57. The topological polar surface area (TPSA) is 0 Å². The molecule has 1 aromatic rings. The van der Waals surface area contributed by atoms with Gasteiger partial charge in [0.2, 0.25) is 0 Å². The van der Waals surface area contributed by atoms with Crippen molar-refractivity contribution in [2.24, 2.45) is 0 Å². The van der Waals surface area contributed by atoms with E-state index in [2.05, 4.69) is 6.07 Å². The lowest BCUT2D eigenvalue weighted by Crippen LogP contribution is -2.23. The quantitative estimate of drug-likeness (QED) is 0.609. The summed E-state index contributed by atoms with van der Waals surface area (Å²) in [6.45, 7) is 0. The minimum Gasteiger partial charge on any atom is -0.203 e. The molecule has 0 atom stereocenters. The molecule has 0 heterocycles. The van der Waals surface area contributed by atoms with Gasteiger partial charge >= 0.3 is 12.3 Å². The van der Waals surface area contributed by atoms with E-state index in [0.29, 0.717) is 0 Å². The molecule has 0 N–H and O–H groups in total. The van der Waals surface area contributed by atoms with Gasteiger partial charge in [-0.3, -0.25) is 0 Å². The Hall–Kier alpha value is -1.06. The molecular formula is C8H5F4. The minimum absolute atomic E-state index is 0.778. The van der Waals surface area contributed by atoms with Crippen molar-refractivity contribution in [2.45, 2.75) is 12.3 Å². The molecule has 0 spiro atoms. The lowest BCUT2D eigenvalue weighted by atomic mass is 10.1. The monoisotopic (exact) mass is 177 g/mol. The molecule has 0 amide bonds. The first kappa shape index (κ1) is 9.03. The van der Waals surface area contributed by atoms with Gasteiger partial charge in [0.1, 0.15) is 0 Å². The lowest BCUT2D eigenvalue weighted by molar-refractivity contribution is -0.135. The highest BCUT2D eigenvalue weighted by molar-refractivity contribution is 5.18. The summed E-state index contributed by atoms with van der Waals surface area (Å²) in [4.78, 5) is 0. The number of benzene rings is 1. The molecule has 0 fully saturated rings. The molecule has 65 valence electrons. The van der Waals surface area contributed by atoms with E-state index in [1.165, 1.54) is 18.2 Å². The van der Waals surface area contributed by atoms with Gasteiger partial charge in [-0.25, -0.2) is 8.78 Å². The van der Waals surface area contributed by atoms with Gasteiger partial charge in [0.05, 0.1) is 0 Å². The molecule has 4 heteroatoms. The standard InChI is InChI=1S/C8H5F4/c9-7(10)8(11,12)6-4-2-1-3-5-6/h1-4,7H. The average Bonchev–Trinajstić information content (AvgIpc) is 2.06. The van der Waals surface area contributed by atoms with E-state index in [9.17, 15) is 17.6 Å². The summed E-state index contributed by atoms with van der Waals surface area (Å²) >= 11 is 0. The summed E-state index contributed by atoms with van der Waals surface area (Å²) < 4.78 is 48.5. The Morgan fingerprint density at radius 3 is 2.33 bits per heavy atom. The van der Waals surface area contributed by atoms with Crippen molar-refractivity contribution in [3.8, 4) is 0 Å². The van der Waals surface area contributed by atoms with E-state index < -0.39 is 17.9 Å². The van der Waals surface area contributed by atoms with Gasteiger partial charge in [0.15, 0.2) is 0 Å². The summed E-state index contributed by atoms with van der Waals surface area (Å²) in [5.74, 6) is -4.10. The molecule has 0 aliphatic heterocycles. The summed E-state index contributed by atoms with van der Waals surface area (Å²) in [6.07, 6.45) is -3.68. The largest absolute Gasteiger partial charge is 0.333 e. The van der Waals surface area contributed by atoms with E-state index in [4.69, 9.17) is 0 Å². The van der Waals surface area contributed by atoms with Gasteiger partial charge in [-0.15, -0.1) is 0 Å². The van der Waals surface area contributed by atoms with Crippen molar-refractivity contribution in [3.05, 3.63) is 35.9 Å². The molecule has 1 radical (unpaired) electrons. The summed E-state index contributed by atoms with van der Waals surface area (Å²) in [5.41, 5.74) is -0.778. The van der Waals surface area contributed by atoms with Crippen LogP contribution >= 0.6 is 0 Å². The fraction of sp³-hybridized carbons (Fsp3) is 0.250. The SMILES string of the molecule is FC(F)C(F)(F)c1[c]cccc1. The zero-order valence-corrected chi connectivity index (χ0v) is 5.90. The molecule has 0 aromatic heterocycles. The number of alkyl halides is 4. The second-order valence-corrected chi connectivity index (χ2v) is 2.20. The molecule has 0 aliphatic rings. The van der Waals surface area contributed by atoms with E-state index in [1.807, 2.05) is 0 Å². The van der Waals surface area contributed by atoms with Crippen molar-refractivity contribution in [3.63, 3.8) is 0 Å². The van der Waals surface area contributed by atoms with Crippen LogP contribution < -0.4 is 0 Å². The molecule has 0 bridgehead atoms. The van der Waals surface area contributed by atoms with Crippen molar-refractivity contribution in [2.75, 3.05) is 0 Å². The minimum atomic E-state index is -4.10. The van der Waals surface area contributed by atoms with E-state index >= 15 is 0 Å². The van der Waals surface area contributed by atoms with Crippen LogP contribution in [-0.2, 0) is 5.92 Å². The third-order valence-electron chi connectivity index (χ3n) is 1.34. The van der Waals surface area contributed by atoms with Crippen molar-refractivity contribution in [1.82, 2.24) is 0 Å². The Labute approximate surface area is 66.8 Å². The molecular weight excluding hydrogens is 172 g/mol. The normalized spacial score (nSPS) is 12.1. The van der Waals surface area contributed by atoms with Gasteiger partial charge in [-0.2, -0.15) is 8.78 Å². The second-order valence-electron chi connectivity index (χ2n) is 2.20. The van der Waals surface area contributed by atoms with Crippen LogP contribution in [0.15, 0.2) is 24.3 Å². The van der Waals surface area contributed by atoms with Gasteiger partial charge in [-0.05, 0) is 6.07 Å². The average molecular weight is 177 g/mol. The van der Waals surface area contributed by atoms with Crippen molar-refractivity contribution < 1.29 is 17.6 Å². The zero-order chi connectivity index (χ0) is 9.19. The number of hydrogen-bond acceptors (Lipinski definition) is 0. The Bertz CT molecular complexity index is 242. The number of halogens is 4. The maximum Gasteiger partial charge on any atom is 0.333 e. The highest BCUT2D eigenvalue weighted by Gasteiger charge is 2.42. The van der Waals surface area contributed by atoms with Crippen LogP contribution in [0, 0.1) is 6.07 Å². The second kappa shape index (κ2) is 3.13. The molecule has 0 unspecified atom stereocenters. The fourth-order valence-corrected chi connectivity index (χ4v) is 0.718. The van der Waals surface area contributed by atoms with Gasteiger partial charge < -0.3 is 0 Å². The Balaban J connectivity index is 2.98. The predicted molar refractivity (Wildman–Crippen MR) is 35.2 cm³/mol. The van der Waals surface area contributed by atoms with Crippen LogP contribution in [0.1, 0.15) is 5.56 Å². The van der Waals surface area contributed by atoms with Crippen molar-refractivity contribution >= 4 is 0 Å². The number of rotatable bonds is 2. The smallest absolute Gasteiger partial charge is 0.203 e. The van der Waals surface area contributed by atoms with Crippen LogP contribution in [0.3, 0.4) is 0 Å². The Kier molecular flexibility index (Phi) is 2.35. The molecule has 0 saturated carbocycles. The highest BCUT2D eigenvalue weighted by Crippen LogP contribution is 2.33. The van der Waals surface area contributed by atoms with Crippen LogP contribution in [-0.4, -0.2) is 6.43 Å². The first-order valence-electron chi connectivity index (χ1n) is 3.18. The van der Waals surface area contributed by atoms with Crippen LogP contribution in [0.5, 0.6) is 0 Å². The Morgan fingerprint density at radius 1 is 1.25 bits per heavy atom. The predicted octanol–water partition coefficient (Wildman–Crippen LogP) is 2.84. The van der Waals surface area contributed by atoms with Crippen LogP contribution in [0.25, 0.3) is 0 Å². The maximum absolute atomic E-state index is 12.5. The maximum atomic E-state index is 12.5. The molecule has 0 nitrogen and oxygen atoms in total. The van der Waals surface area contributed by atoms with E-state index in [1.54, 1.807) is 0 Å². The third-order valence-corrected chi connectivity index (χ3v) is 1.34. The first-order valence-corrected chi connectivity index (χ1v) is 3.18. The fourth-order valence-electron chi connectivity index (χ4n) is 0.718. The molecule has 0 aliphatic carbocycles. The summed E-state index contributed by atoms with van der Waals surface area (Å²) in [7, 11) is 0. The van der Waals surface area contributed by atoms with Gasteiger partial charge in [0.25, 0.3) is 0 Å². The summed E-state index contributed by atoms with van der Waals surface area (Å²) in [6, 6.07) is 6.86. The number of hydrogen-bond donors (Lipinski definition) is 0. The Morgan fingerprint density at radius 2 is 1.92 bits per heavy atom. The molecule has 0 saturated heterocycles. The van der Waals surface area contributed by atoms with Crippen LogP contribution in [0.2, 0.25) is 0 Å². The zero-order valence-electron chi connectivity index (χ0n) is 5.90. The molecule has 1 aromatic carbocycles. The van der Waals surface area contributed by atoms with E-state index in [-0.39, 0.29) is 0 Å². The van der Waals surface area contributed by atoms with Gasteiger partial charge in [-0.1, -0.05) is 24.3 Å². The highest BCUT2D eigenvalue weighted by atomic mass is 19.3. The molecule has 12 heavy (non-hydrogen) atoms. The molecule has 1 rings (SSSR count). The van der Waals surface area contributed by atoms with Crippen LogP contribution in [0.4, 0.5) is 17.6 Å². The van der Waals surface area contributed by atoms with Crippen molar-refractivity contribution in [1.29, 1.82) is 0 Å². The summed E-state index contributed by atoms with van der Waals surface area (Å²) in [5, 5.41) is 0.